The van der Waals surface area contributed by atoms with Gasteiger partial charge in [0.05, 0.1) is 7.82 Å². The van der Waals surface area contributed by atoms with Crippen molar-refractivity contribution in [3.63, 3.8) is 0 Å². The summed E-state index contributed by atoms with van der Waals surface area (Å²) in [7, 11) is -5.57. The number of carbonyl (C=O) groups is 1. The van der Waals surface area contributed by atoms with Crippen LogP contribution in [0.15, 0.2) is 0 Å². The number of ether oxygens (including phenoxy) is 1. The summed E-state index contributed by atoms with van der Waals surface area (Å²) in [5.41, 5.74) is 4.74. The molecule has 1 heterocycles. The topological polar surface area (TPSA) is 206 Å². The average molecular weight is 347 g/mol. The number of hydrogen-bond acceptors (Lipinski definition) is 10. The molecule has 112 valence electrons. The zero-order valence-corrected chi connectivity index (χ0v) is 16.1. The Morgan fingerprint density at radius 3 is 2.05 bits per heavy atom. The van der Waals surface area contributed by atoms with Crippen LogP contribution in [0.4, 0.5) is 0 Å². The summed E-state index contributed by atoms with van der Waals surface area (Å²) in [5, 5.41) is 37.5. The molecule has 0 aromatic rings. The first-order valence-electron chi connectivity index (χ1n) is 4.92. The van der Waals surface area contributed by atoms with E-state index >= 15 is 0 Å². The molecule has 21 heavy (non-hydrogen) atoms. The SMILES string of the molecule is NC(=O)[C@@H](O)C1O[C@@H](OP(=O)([O-])[O-])C(O)[C@@H](O)[C@@H]1O.[Na+].[Na+]. The van der Waals surface area contributed by atoms with Gasteiger partial charge in [0.2, 0.25) is 5.91 Å². The Morgan fingerprint density at radius 1 is 1.19 bits per heavy atom. The third kappa shape index (κ3) is 6.79. The summed E-state index contributed by atoms with van der Waals surface area (Å²) in [6.45, 7) is 0. The second-order valence-electron chi connectivity index (χ2n) is 3.84. The molecule has 1 aliphatic rings. The monoisotopic (exact) mass is 347 g/mol. The maximum Gasteiger partial charge on any atom is 1.00 e. The van der Waals surface area contributed by atoms with Gasteiger partial charge in [0.15, 0.2) is 12.4 Å². The first-order valence-corrected chi connectivity index (χ1v) is 6.38. The largest absolute Gasteiger partial charge is 1.00 e. The molecular formula is C7H12NNa2O10P. The minimum Gasteiger partial charge on any atom is -0.790 e. The summed E-state index contributed by atoms with van der Waals surface area (Å²) < 4.78 is 18.8. The van der Waals surface area contributed by atoms with E-state index in [-0.39, 0.29) is 59.1 Å². The van der Waals surface area contributed by atoms with Gasteiger partial charge in [-0.15, -0.1) is 0 Å². The number of phosphoric ester groups is 1. The summed E-state index contributed by atoms with van der Waals surface area (Å²) >= 11 is 0. The van der Waals surface area contributed by atoms with Crippen molar-refractivity contribution in [1.82, 2.24) is 0 Å². The van der Waals surface area contributed by atoms with Crippen LogP contribution >= 0.6 is 7.82 Å². The Hall–Kier alpha value is 1.38. The summed E-state index contributed by atoms with van der Waals surface area (Å²) in [4.78, 5) is 31.6. The Morgan fingerprint density at radius 2 is 1.67 bits per heavy atom. The molecule has 0 spiro atoms. The van der Waals surface area contributed by atoms with E-state index in [4.69, 9.17) is 5.73 Å². The number of amides is 1. The van der Waals surface area contributed by atoms with Crippen LogP contribution in [0.25, 0.3) is 0 Å². The maximum atomic E-state index is 10.7. The maximum absolute atomic E-state index is 10.7. The summed E-state index contributed by atoms with van der Waals surface area (Å²) in [5.74, 6) is -1.33. The van der Waals surface area contributed by atoms with Gasteiger partial charge in [-0.05, 0) is 0 Å². The first kappa shape index (κ1) is 24.6. The van der Waals surface area contributed by atoms with Gasteiger partial charge in [-0.3, -0.25) is 4.79 Å². The van der Waals surface area contributed by atoms with Crippen molar-refractivity contribution in [3.05, 3.63) is 0 Å². The molecule has 1 fully saturated rings. The van der Waals surface area contributed by atoms with Gasteiger partial charge in [0.25, 0.3) is 0 Å². The van der Waals surface area contributed by atoms with E-state index in [1.54, 1.807) is 0 Å². The molecule has 0 aliphatic carbocycles. The summed E-state index contributed by atoms with van der Waals surface area (Å²) in [6.07, 6.45) is -12.2. The number of hydrogen-bond donors (Lipinski definition) is 5. The normalized spacial score (nSPS) is 34.3. The predicted molar refractivity (Wildman–Crippen MR) is 50.6 cm³/mol. The predicted octanol–water partition coefficient (Wildman–Crippen LogP) is -11.5. The number of nitrogens with two attached hydrogens (primary N) is 1. The van der Waals surface area contributed by atoms with Gasteiger partial charge in [-0.25, -0.2) is 0 Å². The van der Waals surface area contributed by atoms with Crippen molar-refractivity contribution in [3.8, 4) is 0 Å². The molecule has 11 nitrogen and oxygen atoms in total. The van der Waals surface area contributed by atoms with Crippen LogP contribution in [0.5, 0.6) is 0 Å². The Labute approximate surface area is 163 Å². The zero-order valence-electron chi connectivity index (χ0n) is 11.2. The van der Waals surface area contributed by atoms with Crippen molar-refractivity contribution in [2.75, 3.05) is 0 Å². The molecule has 1 aliphatic heterocycles. The van der Waals surface area contributed by atoms with Gasteiger partial charge >= 0.3 is 59.1 Å². The molecule has 0 radical (unpaired) electrons. The number of aliphatic hydroxyl groups is 4. The minimum absolute atomic E-state index is 0. The van der Waals surface area contributed by atoms with E-state index in [0.717, 1.165) is 0 Å². The van der Waals surface area contributed by atoms with E-state index < -0.39 is 50.5 Å². The third-order valence-corrected chi connectivity index (χ3v) is 2.91. The quantitative estimate of drug-likeness (QED) is 0.240. The van der Waals surface area contributed by atoms with Crippen molar-refractivity contribution >= 4 is 13.7 Å². The van der Waals surface area contributed by atoms with E-state index in [9.17, 15) is 39.6 Å². The van der Waals surface area contributed by atoms with Crippen LogP contribution in [-0.4, -0.2) is 63.1 Å². The zero-order chi connectivity index (χ0) is 15.0. The molecule has 14 heteroatoms. The smallest absolute Gasteiger partial charge is 0.790 e. The molecule has 0 bridgehead atoms. The Bertz CT molecular complexity index is 394. The van der Waals surface area contributed by atoms with Crippen molar-refractivity contribution in [2.45, 2.75) is 36.8 Å². The van der Waals surface area contributed by atoms with E-state index in [2.05, 4.69) is 9.26 Å². The second kappa shape index (κ2) is 9.62. The van der Waals surface area contributed by atoms with Crippen LogP contribution in [0.2, 0.25) is 0 Å². The minimum atomic E-state index is -5.57. The number of aliphatic hydroxyl groups excluding tert-OH is 4. The molecule has 2 unspecified atom stereocenters. The molecule has 1 amide bonds. The summed E-state index contributed by atoms with van der Waals surface area (Å²) in [6, 6.07) is 0. The van der Waals surface area contributed by atoms with E-state index in [1.807, 2.05) is 0 Å². The van der Waals surface area contributed by atoms with Crippen LogP contribution in [0, 0.1) is 0 Å². The molecule has 0 aromatic heterocycles. The van der Waals surface area contributed by atoms with Crippen LogP contribution < -0.4 is 74.6 Å². The fourth-order valence-electron chi connectivity index (χ4n) is 1.51. The first-order chi connectivity index (χ1) is 8.54. The molecular weight excluding hydrogens is 335 g/mol. The number of carbonyl (C=O) groups excluding carboxylic acids is 1. The molecule has 0 saturated carbocycles. The van der Waals surface area contributed by atoms with E-state index in [0.29, 0.717) is 0 Å². The van der Waals surface area contributed by atoms with Crippen molar-refractivity contribution in [1.29, 1.82) is 0 Å². The average Bonchev–Trinajstić information content (AvgIpc) is 2.27. The Balaban J connectivity index is 0. The molecule has 0 aromatic carbocycles. The van der Waals surface area contributed by atoms with Crippen molar-refractivity contribution in [2.24, 2.45) is 5.73 Å². The Kier molecular flexibility index (Phi) is 11.3. The van der Waals surface area contributed by atoms with Crippen molar-refractivity contribution < 1.29 is 108 Å². The van der Waals surface area contributed by atoms with Gasteiger partial charge in [0, 0.05) is 0 Å². The third-order valence-electron chi connectivity index (χ3n) is 2.44. The van der Waals surface area contributed by atoms with Gasteiger partial charge < -0.3 is 49.8 Å². The van der Waals surface area contributed by atoms with E-state index in [1.165, 1.54) is 0 Å². The fourth-order valence-corrected chi connectivity index (χ4v) is 1.94. The standard InChI is InChI=1S/C7H14NO10P.2Na/c8-6(13)4(12)5-2(10)1(9)3(11)7(17-5)18-19(14,15)16;;/h1-5,7,9-12H,(H2,8,13)(H2,14,15,16);;/q;2*+1/p-2/t1-,2-,3?,4-,5?,7-;;/m0../s1. The molecule has 1 saturated heterocycles. The van der Waals surface area contributed by atoms with Gasteiger partial charge in [-0.1, -0.05) is 0 Å². The van der Waals surface area contributed by atoms with Crippen LogP contribution in [0.1, 0.15) is 0 Å². The van der Waals surface area contributed by atoms with Crippen LogP contribution in [-0.2, 0) is 18.6 Å². The number of rotatable bonds is 4. The molecule has 6 N–H and O–H groups in total. The van der Waals surface area contributed by atoms with Gasteiger partial charge in [0.1, 0.15) is 24.4 Å². The van der Waals surface area contributed by atoms with Crippen LogP contribution in [0.3, 0.4) is 0 Å². The number of primary amides is 1. The second-order valence-corrected chi connectivity index (χ2v) is 4.95. The fraction of sp³-hybridized carbons (Fsp3) is 0.857. The molecule has 6 atom stereocenters. The van der Waals surface area contributed by atoms with Gasteiger partial charge in [-0.2, -0.15) is 0 Å². The number of phosphoric acid groups is 1. The molecule has 1 rings (SSSR count).